The van der Waals surface area contributed by atoms with Gasteiger partial charge in [0.05, 0.1) is 0 Å². The molecule has 0 aromatic heterocycles. The Morgan fingerprint density at radius 1 is 0.216 bits per heavy atom. The van der Waals surface area contributed by atoms with Gasteiger partial charge in [0.2, 0.25) is 0 Å². The van der Waals surface area contributed by atoms with Gasteiger partial charge in [-0.3, -0.25) is 0 Å². The molecule has 0 atom stereocenters. The predicted octanol–water partition coefficient (Wildman–Crippen LogP) is 21.2. The molecule has 342 valence electrons. The molecule has 0 amide bonds. The van der Waals surface area contributed by atoms with Crippen molar-refractivity contribution in [2.45, 2.75) is 26.2 Å². The van der Waals surface area contributed by atoms with Crippen molar-refractivity contribution in [1.82, 2.24) is 0 Å². The Kier molecular flexibility index (Phi) is 7.83. The maximum atomic E-state index is 2.58. The average molecular weight is 935 g/mol. The molecule has 16 aromatic rings. The third-order valence-electron chi connectivity index (χ3n) is 17.3. The van der Waals surface area contributed by atoms with Crippen LogP contribution in [0.1, 0.15) is 26.3 Å². The van der Waals surface area contributed by atoms with E-state index in [4.69, 9.17) is 0 Å². The summed E-state index contributed by atoms with van der Waals surface area (Å²) in [6.45, 7) is 6.94. The van der Waals surface area contributed by atoms with Gasteiger partial charge in [0.15, 0.2) is 0 Å². The number of benzene rings is 16. The van der Waals surface area contributed by atoms with Crippen LogP contribution in [0.25, 0.3) is 174 Å². The fourth-order valence-electron chi connectivity index (χ4n) is 13.9. The van der Waals surface area contributed by atoms with Gasteiger partial charge < -0.3 is 0 Å². The van der Waals surface area contributed by atoms with Crippen molar-refractivity contribution in [3.05, 3.63) is 230 Å². The Balaban J connectivity index is 1.02. The summed E-state index contributed by atoms with van der Waals surface area (Å²) in [5.41, 5.74) is 14.3. The molecule has 0 bridgehead atoms. The lowest BCUT2D eigenvalue weighted by molar-refractivity contribution is 0.591. The van der Waals surface area contributed by atoms with Gasteiger partial charge in [0.25, 0.3) is 0 Å². The van der Waals surface area contributed by atoms with E-state index in [0.717, 1.165) is 0 Å². The van der Waals surface area contributed by atoms with E-state index in [0.29, 0.717) is 0 Å². The zero-order valence-electron chi connectivity index (χ0n) is 41.4. The number of hydrogen-bond donors (Lipinski definition) is 0. The molecule has 0 unspecified atom stereocenters. The zero-order chi connectivity index (χ0) is 48.7. The lowest BCUT2D eigenvalue weighted by Crippen LogP contribution is -2.10. The summed E-state index contributed by atoms with van der Waals surface area (Å²) in [7, 11) is 0. The highest BCUT2D eigenvalue weighted by Gasteiger charge is 2.33. The van der Waals surface area contributed by atoms with Crippen LogP contribution in [0.15, 0.2) is 224 Å². The van der Waals surface area contributed by atoms with Crippen LogP contribution in [0, 0.1) is 0 Å². The van der Waals surface area contributed by atoms with Crippen LogP contribution in [0.3, 0.4) is 0 Å². The smallest absolute Gasteiger partial charge is 0.000719 e. The summed E-state index contributed by atoms with van der Waals surface area (Å²) in [5.74, 6) is 0. The molecule has 1 aliphatic rings. The van der Waals surface area contributed by atoms with E-state index in [1.54, 1.807) is 0 Å². The third-order valence-corrected chi connectivity index (χ3v) is 17.3. The molecule has 0 saturated heterocycles. The SMILES string of the molecule is CC(C)(C)c1cc2ccc3ccc(-c4ccc5c(c4)c4cc6ccccc6cc4c4cc6c(-c7ccccc7)c7c(c(-c8ccccc8)c6cc54)-c4cc5cccc6ccc8ccc-7c4c8c65)c4ccc(c1)c2c34. The molecule has 0 fully saturated rings. The average Bonchev–Trinajstić information content (AvgIpc) is 3.76. The summed E-state index contributed by atoms with van der Waals surface area (Å²) in [4.78, 5) is 0. The molecule has 0 aliphatic heterocycles. The lowest BCUT2D eigenvalue weighted by atomic mass is 9.80. The van der Waals surface area contributed by atoms with E-state index in [1.807, 2.05) is 0 Å². The normalized spacial score (nSPS) is 12.8. The number of rotatable bonds is 3. The summed E-state index contributed by atoms with van der Waals surface area (Å²) in [5, 5.41) is 28.6. The van der Waals surface area contributed by atoms with Gasteiger partial charge >= 0.3 is 0 Å². The summed E-state index contributed by atoms with van der Waals surface area (Å²) in [6, 6.07) is 86.4. The van der Waals surface area contributed by atoms with Crippen molar-refractivity contribution in [3.8, 4) is 55.6 Å². The monoisotopic (exact) mass is 934 g/mol. The van der Waals surface area contributed by atoms with E-state index in [-0.39, 0.29) is 5.41 Å². The van der Waals surface area contributed by atoms with Gasteiger partial charge in [0.1, 0.15) is 0 Å². The summed E-state index contributed by atoms with van der Waals surface area (Å²) < 4.78 is 0. The highest BCUT2D eigenvalue weighted by molar-refractivity contribution is 6.38. The maximum Gasteiger partial charge on any atom is -0.000719 e. The van der Waals surface area contributed by atoms with Crippen LogP contribution in [0.2, 0.25) is 0 Å². The summed E-state index contributed by atoms with van der Waals surface area (Å²) in [6.07, 6.45) is 0. The first-order valence-electron chi connectivity index (χ1n) is 26.2. The predicted molar refractivity (Wildman–Crippen MR) is 321 cm³/mol. The van der Waals surface area contributed by atoms with Crippen molar-refractivity contribution in [1.29, 1.82) is 0 Å². The molecule has 1 aliphatic carbocycles. The second-order valence-corrected chi connectivity index (χ2v) is 22.3. The minimum atomic E-state index is 0.0624. The molecule has 74 heavy (non-hydrogen) atoms. The molecule has 0 nitrogen and oxygen atoms in total. The van der Waals surface area contributed by atoms with Crippen LogP contribution >= 0.6 is 0 Å². The van der Waals surface area contributed by atoms with Gasteiger partial charge in [-0.05, 0) is 222 Å². The second-order valence-electron chi connectivity index (χ2n) is 22.3. The highest BCUT2D eigenvalue weighted by atomic mass is 14.3. The molecular weight excluding hydrogens is 889 g/mol. The van der Waals surface area contributed by atoms with Crippen molar-refractivity contribution in [2.75, 3.05) is 0 Å². The Bertz CT molecular complexity index is 5110. The second kappa shape index (κ2) is 14.3. The minimum absolute atomic E-state index is 0.0624. The minimum Gasteiger partial charge on any atom is -0.0622 e. The Hall–Kier alpha value is -9.10. The van der Waals surface area contributed by atoms with E-state index in [9.17, 15) is 0 Å². The van der Waals surface area contributed by atoms with Crippen molar-refractivity contribution >= 4 is 118 Å². The molecule has 0 saturated carbocycles. The van der Waals surface area contributed by atoms with Crippen LogP contribution < -0.4 is 0 Å². The Morgan fingerprint density at radius 3 is 1.34 bits per heavy atom. The van der Waals surface area contributed by atoms with Crippen LogP contribution in [-0.2, 0) is 5.41 Å². The molecule has 17 rings (SSSR count). The maximum absolute atomic E-state index is 2.58. The number of fused-ring (bicyclic) bond motifs is 11. The molecule has 0 radical (unpaired) electrons. The first kappa shape index (κ1) is 40.5. The summed E-state index contributed by atoms with van der Waals surface area (Å²) >= 11 is 0. The lowest BCUT2D eigenvalue weighted by Gasteiger charge is -2.22. The quantitative estimate of drug-likeness (QED) is 0.122. The van der Waals surface area contributed by atoms with Crippen LogP contribution in [0.4, 0.5) is 0 Å². The van der Waals surface area contributed by atoms with Gasteiger partial charge in [-0.25, -0.2) is 0 Å². The van der Waals surface area contributed by atoms with Crippen molar-refractivity contribution < 1.29 is 0 Å². The Labute approximate surface area is 428 Å². The highest BCUT2D eigenvalue weighted by Crippen LogP contribution is 2.60. The molecular formula is C74H46. The first-order valence-corrected chi connectivity index (χ1v) is 26.2. The fourth-order valence-corrected chi connectivity index (χ4v) is 13.9. The molecule has 0 heteroatoms. The van der Waals surface area contributed by atoms with E-state index < -0.39 is 0 Å². The number of hydrogen-bond acceptors (Lipinski definition) is 0. The van der Waals surface area contributed by atoms with E-state index in [1.165, 1.54) is 180 Å². The molecule has 0 N–H and O–H groups in total. The largest absolute Gasteiger partial charge is 0.0622 e. The van der Waals surface area contributed by atoms with Crippen molar-refractivity contribution in [2.24, 2.45) is 0 Å². The fraction of sp³-hybridized carbons (Fsp3) is 0.0541. The van der Waals surface area contributed by atoms with Gasteiger partial charge in [0, 0.05) is 0 Å². The molecule has 0 heterocycles. The van der Waals surface area contributed by atoms with Gasteiger partial charge in [-0.2, -0.15) is 0 Å². The zero-order valence-corrected chi connectivity index (χ0v) is 41.4. The van der Waals surface area contributed by atoms with Gasteiger partial charge in [-0.15, -0.1) is 0 Å². The molecule has 0 spiro atoms. The topological polar surface area (TPSA) is 0 Å². The Morgan fingerprint density at radius 2 is 0.676 bits per heavy atom. The van der Waals surface area contributed by atoms with Gasteiger partial charge in [-0.1, -0.05) is 209 Å². The third kappa shape index (κ3) is 5.37. The van der Waals surface area contributed by atoms with E-state index >= 15 is 0 Å². The standard InChI is InChI=1S/C74H46/c1-74(2,3)52-33-50-24-23-44-25-29-53(55-31-28-51(34-52)66(50)67(44)55)48-27-30-54-57(37-48)58-35-46-17-10-11-18-47(46)36-59(58)61-40-63-62(39-60(54)61)69(42-15-8-5-9-16-42)73-64-38-49-20-12-19-43-21-22-45-26-32-56(71(64)70(45)65(43)49)72(73)68(63)41-13-6-4-7-14-41/h4-40H,1-3H3. The van der Waals surface area contributed by atoms with Crippen LogP contribution in [-0.4, -0.2) is 0 Å². The van der Waals surface area contributed by atoms with Crippen LogP contribution in [0.5, 0.6) is 0 Å². The van der Waals surface area contributed by atoms with E-state index in [2.05, 4.69) is 245 Å². The van der Waals surface area contributed by atoms with Crippen molar-refractivity contribution in [3.63, 3.8) is 0 Å². The molecule has 16 aromatic carbocycles. The first-order chi connectivity index (χ1) is 36.3.